The number of amides is 1. The van der Waals surface area contributed by atoms with Crippen molar-refractivity contribution < 1.29 is 4.79 Å². The number of carbonyl (C=O) groups is 1. The highest BCUT2D eigenvalue weighted by molar-refractivity contribution is 5.95. The molecule has 0 saturated heterocycles. The van der Waals surface area contributed by atoms with Crippen LogP contribution in [0.1, 0.15) is 21.6 Å². The van der Waals surface area contributed by atoms with Crippen LogP contribution in [0.3, 0.4) is 0 Å². The molecule has 1 heterocycles. The van der Waals surface area contributed by atoms with Crippen LogP contribution >= 0.6 is 0 Å². The van der Waals surface area contributed by atoms with Crippen molar-refractivity contribution in [1.82, 2.24) is 9.55 Å². The fraction of sp³-hybridized carbons (Fsp3) is 0.231. The molecule has 1 aromatic carbocycles. The maximum Gasteiger partial charge on any atom is 0.249 e. The van der Waals surface area contributed by atoms with E-state index in [2.05, 4.69) is 10.3 Å². The monoisotopic (exact) mass is 244 g/mol. The van der Waals surface area contributed by atoms with E-state index in [4.69, 9.17) is 5.73 Å². The zero-order valence-corrected chi connectivity index (χ0v) is 10.5. The number of hydrogen-bond donors (Lipinski definition) is 2. The van der Waals surface area contributed by atoms with Gasteiger partial charge >= 0.3 is 0 Å². The maximum absolute atomic E-state index is 11.2. The molecule has 5 heteroatoms. The van der Waals surface area contributed by atoms with Crippen molar-refractivity contribution in [2.75, 3.05) is 5.32 Å². The Bertz CT molecular complexity index is 574. The van der Waals surface area contributed by atoms with E-state index in [-0.39, 0.29) is 0 Å². The molecule has 0 fully saturated rings. The van der Waals surface area contributed by atoms with E-state index in [0.717, 1.165) is 16.9 Å². The molecule has 94 valence electrons. The lowest BCUT2D eigenvalue weighted by atomic mass is 10.1. The van der Waals surface area contributed by atoms with E-state index in [1.54, 1.807) is 18.6 Å². The SMILES string of the molecule is Cc1c(NCc2cncn2C)cccc1C(N)=O. The summed E-state index contributed by atoms with van der Waals surface area (Å²) in [7, 11) is 1.94. The fourth-order valence-electron chi connectivity index (χ4n) is 1.83. The molecule has 0 unspecified atom stereocenters. The van der Waals surface area contributed by atoms with Crippen LogP contribution in [0.4, 0.5) is 5.69 Å². The van der Waals surface area contributed by atoms with E-state index >= 15 is 0 Å². The predicted octanol–water partition coefficient (Wildman–Crippen LogP) is 1.44. The summed E-state index contributed by atoms with van der Waals surface area (Å²) in [5.41, 5.74) is 8.71. The van der Waals surface area contributed by atoms with E-state index in [9.17, 15) is 4.79 Å². The lowest BCUT2D eigenvalue weighted by molar-refractivity contribution is 0.1000. The van der Waals surface area contributed by atoms with Gasteiger partial charge in [-0.3, -0.25) is 4.79 Å². The molecule has 0 radical (unpaired) electrons. The summed E-state index contributed by atoms with van der Waals surface area (Å²) in [5, 5.41) is 3.28. The molecule has 0 aliphatic rings. The summed E-state index contributed by atoms with van der Waals surface area (Å²) in [4.78, 5) is 15.3. The minimum atomic E-state index is -0.406. The molecule has 0 aliphatic carbocycles. The number of imidazole rings is 1. The van der Waals surface area contributed by atoms with Gasteiger partial charge in [0.25, 0.3) is 0 Å². The number of aromatic nitrogens is 2. The Morgan fingerprint density at radius 1 is 1.50 bits per heavy atom. The largest absolute Gasteiger partial charge is 0.379 e. The topological polar surface area (TPSA) is 72.9 Å². The van der Waals surface area contributed by atoms with Crippen molar-refractivity contribution in [1.29, 1.82) is 0 Å². The normalized spacial score (nSPS) is 10.3. The fourth-order valence-corrected chi connectivity index (χ4v) is 1.83. The molecular weight excluding hydrogens is 228 g/mol. The smallest absolute Gasteiger partial charge is 0.249 e. The molecule has 2 rings (SSSR count). The number of benzene rings is 1. The average Bonchev–Trinajstić information content (AvgIpc) is 2.73. The Kier molecular flexibility index (Phi) is 3.32. The van der Waals surface area contributed by atoms with Crippen LogP contribution in [0.2, 0.25) is 0 Å². The van der Waals surface area contributed by atoms with Crippen LogP contribution < -0.4 is 11.1 Å². The second kappa shape index (κ2) is 4.91. The lowest BCUT2D eigenvalue weighted by Gasteiger charge is -2.11. The molecule has 0 spiro atoms. The van der Waals surface area contributed by atoms with Crippen LogP contribution in [-0.2, 0) is 13.6 Å². The number of carbonyl (C=O) groups excluding carboxylic acids is 1. The quantitative estimate of drug-likeness (QED) is 0.854. The Labute approximate surface area is 106 Å². The van der Waals surface area contributed by atoms with Gasteiger partial charge in [0.05, 0.1) is 18.6 Å². The van der Waals surface area contributed by atoms with Crippen molar-refractivity contribution in [2.24, 2.45) is 12.8 Å². The van der Waals surface area contributed by atoms with Crippen LogP contribution in [0, 0.1) is 6.92 Å². The second-order valence-electron chi connectivity index (χ2n) is 4.19. The van der Waals surface area contributed by atoms with Crippen molar-refractivity contribution in [2.45, 2.75) is 13.5 Å². The van der Waals surface area contributed by atoms with Crippen molar-refractivity contribution in [3.05, 3.63) is 47.5 Å². The standard InChI is InChI=1S/C13H16N4O/c1-9-11(13(14)18)4-3-5-12(9)16-7-10-6-15-8-17(10)2/h3-6,8,16H,7H2,1-2H3,(H2,14,18). The van der Waals surface area contributed by atoms with Crippen LogP contribution in [0.5, 0.6) is 0 Å². The number of nitrogens with two attached hydrogens (primary N) is 1. The van der Waals surface area contributed by atoms with Gasteiger partial charge in [-0.2, -0.15) is 0 Å². The summed E-state index contributed by atoms with van der Waals surface area (Å²) in [5.74, 6) is -0.406. The first-order valence-corrected chi connectivity index (χ1v) is 5.68. The number of anilines is 1. The highest BCUT2D eigenvalue weighted by Gasteiger charge is 2.08. The third-order valence-electron chi connectivity index (χ3n) is 2.98. The molecule has 1 amide bonds. The second-order valence-corrected chi connectivity index (χ2v) is 4.19. The molecule has 3 N–H and O–H groups in total. The Morgan fingerprint density at radius 2 is 2.28 bits per heavy atom. The summed E-state index contributed by atoms with van der Waals surface area (Å²) < 4.78 is 1.94. The van der Waals surface area contributed by atoms with Crippen molar-refractivity contribution in [3.63, 3.8) is 0 Å². The predicted molar refractivity (Wildman–Crippen MR) is 70.2 cm³/mol. The Hall–Kier alpha value is -2.30. The van der Waals surface area contributed by atoms with Gasteiger partial charge in [0.15, 0.2) is 0 Å². The molecular formula is C13H16N4O. The summed E-state index contributed by atoms with van der Waals surface area (Å²) in [6, 6.07) is 5.48. The first kappa shape index (κ1) is 12.2. The van der Waals surface area contributed by atoms with E-state index in [0.29, 0.717) is 12.1 Å². The zero-order chi connectivity index (χ0) is 13.1. The molecule has 2 aromatic rings. The summed E-state index contributed by atoms with van der Waals surface area (Å²) in [6.45, 7) is 2.53. The first-order chi connectivity index (χ1) is 8.59. The van der Waals surface area contributed by atoms with Crippen LogP contribution in [0.15, 0.2) is 30.7 Å². The van der Waals surface area contributed by atoms with Gasteiger partial charge in [-0.1, -0.05) is 6.07 Å². The molecule has 1 aromatic heterocycles. The Morgan fingerprint density at radius 3 is 2.89 bits per heavy atom. The highest BCUT2D eigenvalue weighted by Crippen LogP contribution is 2.19. The van der Waals surface area contributed by atoms with Crippen molar-refractivity contribution in [3.8, 4) is 0 Å². The zero-order valence-electron chi connectivity index (χ0n) is 10.5. The van der Waals surface area contributed by atoms with E-state index < -0.39 is 5.91 Å². The molecule has 0 bridgehead atoms. The summed E-state index contributed by atoms with van der Waals surface area (Å²) >= 11 is 0. The molecule has 18 heavy (non-hydrogen) atoms. The van der Waals surface area contributed by atoms with Crippen LogP contribution in [-0.4, -0.2) is 15.5 Å². The van der Waals surface area contributed by atoms with Gasteiger partial charge in [-0.05, 0) is 24.6 Å². The Balaban J connectivity index is 2.17. The van der Waals surface area contributed by atoms with Gasteiger partial charge in [0.2, 0.25) is 5.91 Å². The number of primary amides is 1. The minimum Gasteiger partial charge on any atom is -0.379 e. The minimum absolute atomic E-state index is 0.406. The molecule has 0 aliphatic heterocycles. The number of aryl methyl sites for hydroxylation is 1. The highest BCUT2D eigenvalue weighted by atomic mass is 16.1. The molecule has 5 nitrogen and oxygen atoms in total. The third-order valence-corrected chi connectivity index (χ3v) is 2.98. The molecule has 0 atom stereocenters. The van der Waals surface area contributed by atoms with Gasteiger partial charge < -0.3 is 15.6 Å². The molecule has 0 saturated carbocycles. The first-order valence-electron chi connectivity index (χ1n) is 5.68. The van der Waals surface area contributed by atoms with Gasteiger partial charge in [-0.25, -0.2) is 4.98 Å². The van der Waals surface area contributed by atoms with Crippen molar-refractivity contribution >= 4 is 11.6 Å². The van der Waals surface area contributed by atoms with Gasteiger partial charge in [-0.15, -0.1) is 0 Å². The number of nitrogens with zero attached hydrogens (tertiary/aromatic N) is 2. The average molecular weight is 244 g/mol. The number of hydrogen-bond acceptors (Lipinski definition) is 3. The van der Waals surface area contributed by atoms with E-state index in [1.165, 1.54) is 0 Å². The number of nitrogens with one attached hydrogen (secondary N) is 1. The summed E-state index contributed by atoms with van der Waals surface area (Å²) in [6.07, 6.45) is 3.56. The van der Waals surface area contributed by atoms with Crippen LogP contribution in [0.25, 0.3) is 0 Å². The third kappa shape index (κ3) is 2.34. The van der Waals surface area contributed by atoms with Gasteiger partial charge in [0, 0.05) is 24.5 Å². The van der Waals surface area contributed by atoms with E-state index in [1.807, 2.05) is 30.7 Å². The van der Waals surface area contributed by atoms with Gasteiger partial charge in [0.1, 0.15) is 0 Å². The maximum atomic E-state index is 11.2. The lowest BCUT2D eigenvalue weighted by Crippen LogP contribution is -2.14. The number of rotatable bonds is 4.